The predicted octanol–water partition coefficient (Wildman–Crippen LogP) is 4.21. The summed E-state index contributed by atoms with van der Waals surface area (Å²) in [5.41, 5.74) is 7.32. The van der Waals surface area contributed by atoms with Crippen molar-refractivity contribution < 1.29 is 4.79 Å². The molecule has 1 aromatic heterocycles. The fraction of sp³-hybridized carbons (Fsp3) is 0.190. The molecular formula is C21H21ClN4O2S. The van der Waals surface area contributed by atoms with Crippen LogP contribution >= 0.6 is 23.4 Å². The summed E-state index contributed by atoms with van der Waals surface area (Å²) in [5, 5.41) is 3.23. The smallest absolute Gasteiger partial charge is 0.275 e. The third-order valence-corrected chi connectivity index (χ3v) is 5.68. The first-order valence-electron chi connectivity index (χ1n) is 9.02. The Balaban J connectivity index is 1.86. The fourth-order valence-corrected chi connectivity index (χ4v) is 4.05. The third-order valence-electron chi connectivity index (χ3n) is 4.37. The minimum Gasteiger partial charge on any atom is -0.385 e. The number of nitrogens with two attached hydrogens (primary N) is 1. The van der Waals surface area contributed by atoms with Gasteiger partial charge in [-0.2, -0.15) is 4.98 Å². The van der Waals surface area contributed by atoms with Crippen molar-refractivity contribution >= 4 is 40.8 Å². The van der Waals surface area contributed by atoms with Gasteiger partial charge in [0.2, 0.25) is 5.91 Å². The maximum Gasteiger partial charge on any atom is 0.275 e. The third kappa shape index (κ3) is 5.19. The van der Waals surface area contributed by atoms with Crippen LogP contribution in [-0.4, -0.2) is 20.7 Å². The van der Waals surface area contributed by atoms with Crippen molar-refractivity contribution in [3.63, 3.8) is 0 Å². The number of carbonyl (C=O) groups is 1. The van der Waals surface area contributed by atoms with Gasteiger partial charge < -0.3 is 11.1 Å². The molecule has 150 valence electrons. The van der Waals surface area contributed by atoms with E-state index in [0.717, 1.165) is 5.56 Å². The van der Waals surface area contributed by atoms with Gasteiger partial charge in [-0.25, -0.2) is 0 Å². The minimum atomic E-state index is -0.517. The molecule has 0 spiro atoms. The van der Waals surface area contributed by atoms with Gasteiger partial charge in [0.1, 0.15) is 5.82 Å². The molecule has 2 aromatic carbocycles. The maximum atomic E-state index is 12.6. The second-order valence-electron chi connectivity index (χ2n) is 6.52. The Labute approximate surface area is 178 Å². The van der Waals surface area contributed by atoms with Gasteiger partial charge in [0.25, 0.3) is 5.56 Å². The van der Waals surface area contributed by atoms with Crippen molar-refractivity contribution in [3.05, 3.63) is 81.6 Å². The molecule has 29 heavy (non-hydrogen) atoms. The molecule has 1 amide bonds. The maximum absolute atomic E-state index is 12.6. The fourth-order valence-electron chi connectivity index (χ4n) is 2.86. The highest BCUT2D eigenvalue weighted by molar-refractivity contribution is 8.00. The van der Waals surface area contributed by atoms with Crippen molar-refractivity contribution in [2.24, 2.45) is 0 Å². The summed E-state index contributed by atoms with van der Waals surface area (Å²) in [4.78, 5) is 28.7. The summed E-state index contributed by atoms with van der Waals surface area (Å²) in [6.07, 6.45) is 0. The van der Waals surface area contributed by atoms with E-state index >= 15 is 0 Å². The predicted molar refractivity (Wildman–Crippen MR) is 119 cm³/mol. The standard InChI is InChI=1S/C21H21ClN4O2S/c1-13(15-7-4-3-5-8-15)26-18(23)12-19(27)25-21(26)29-14(2)20(28)24-17-10-6-9-16(22)11-17/h3-14H,23H2,1-2H3,(H,24,28). The van der Waals surface area contributed by atoms with Crippen LogP contribution in [0.2, 0.25) is 5.02 Å². The largest absolute Gasteiger partial charge is 0.385 e. The zero-order chi connectivity index (χ0) is 21.0. The molecule has 3 rings (SSSR count). The second kappa shape index (κ2) is 9.15. The first-order chi connectivity index (χ1) is 13.8. The van der Waals surface area contributed by atoms with Crippen LogP contribution < -0.4 is 16.6 Å². The molecule has 2 atom stereocenters. The monoisotopic (exact) mass is 428 g/mol. The Morgan fingerprint density at radius 3 is 2.55 bits per heavy atom. The normalized spacial score (nSPS) is 12.9. The van der Waals surface area contributed by atoms with Crippen LogP contribution in [0.3, 0.4) is 0 Å². The highest BCUT2D eigenvalue weighted by Crippen LogP contribution is 2.29. The van der Waals surface area contributed by atoms with Gasteiger partial charge in [-0.3, -0.25) is 14.2 Å². The van der Waals surface area contributed by atoms with Gasteiger partial charge >= 0.3 is 0 Å². The zero-order valence-corrected chi connectivity index (χ0v) is 17.6. The quantitative estimate of drug-likeness (QED) is 0.453. The first kappa shape index (κ1) is 21.0. The topological polar surface area (TPSA) is 90.0 Å². The van der Waals surface area contributed by atoms with Gasteiger partial charge in [0.05, 0.1) is 11.3 Å². The van der Waals surface area contributed by atoms with Crippen LogP contribution in [0, 0.1) is 0 Å². The lowest BCUT2D eigenvalue weighted by molar-refractivity contribution is -0.115. The van der Waals surface area contributed by atoms with E-state index in [9.17, 15) is 9.59 Å². The molecule has 1 heterocycles. The number of benzene rings is 2. The summed E-state index contributed by atoms with van der Waals surface area (Å²) < 4.78 is 1.77. The lowest BCUT2D eigenvalue weighted by Crippen LogP contribution is -2.26. The number of nitrogens with zero attached hydrogens (tertiary/aromatic N) is 2. The highest BCUT2D eigenvalue weighted by atomic mass is 35.5. The van der Waals surface area contributed by atoms with Crippen LogP contribution in [0.1, 0.15) is 25.5 Å². The molecule has 3 N–H and O–H groups in total. The van der Waals surface area contributed by atoms with E-state index in [1.54, 1.807) is 35.8 Å². The van der Waals surface area contributed by atoms with E-state index < -0.39 is 10.8 Å². The number of thioether (sulfide) groups is 1. The van der Waals surface area contributed by atoms with E-state index in [2.05, 4.69) is 10.3 Å². The molecule has 0 saturated heterocycles. The van der Waals surface area contributed by atoms with Crippen molar-refractivity contribution in [1.29, 1.82) is 0 Å². The van der Waals surface area contributed by atoms with Crippen molar-refractivity contribution in [1.82, 2.24) is 9.55 Å². The average molecular weight is 429 g/mol. The number of hydrogen-bond acceptors (Lipinski definition) is 5. The average Bonchev–Trinajstić information content (AvgIpc) is 2.68. The summed E-state index contributed by atoms with van der Waals surface area (Å²) >= 11 is 7.15. The number of hydrogen-bond donors (Lipinski definition) is 2. The lowest BCUT2D eigenvalue weighted by Gasteiger charge is -2.23. The summed E-state index contributed by atoms with van der Waals surface area (Å²) in [6.45, 7) is 3.72. The van der Waals surface area contributed by atoms with E-state index in [1.165, 1.54) is 17.8 Å². The molecular weight excluding hydrogens is 408 g/mol. The number of aromatic nitrogens is 2. The number of anilines is 2. The van der Waals surface area contributed by atoms with Crippen molar-refractivity contribution in [2.45, 2.75) is 30.3 Å². The van der Waals surface area contributed by atoms with Crippen LogP contribution in [0.25, 0.3) is 0 Å². The van der Waals surface area contributed by atoms with Crippen LogP contribution in [0.5, 0.6) is 0 Å². The molecule has 8 heteroatoms. The highest BCUT2D eigenvalue weighted by Gasteiger charge is 2.21. The molecule has 6 nitrogen and oxygen atoms in total. The molecule has 0 radical (unpaired) electrons. The first-order valence-corrected chi connectivity index (χ1v) is 10.3. The molecule has 0 saturated carbocycles. The number of carbonyl (C=O) groups excluding carboxylic acids is 1. The van der Waals surface area contributed by atoms with E-state index in [1.807, 2.05) is 37.3 Å². The summed E-state index contributed by atoms with van der Waals surface area (Å²) in [7, 11) is 0. The minimum absolute atomic E-state index is 0.157. The van der Waals surface area contributed by atoms with Gasteiger partial charge in [-0.1, -0.05) is 59.8 Å². The lowest BCUT2D eigenvalue weighted by atomic mass is 10.1. The van der Waals surface area contributed by atoms with E-state index in [4.69, 9.17) is 17.3 Å². The molecule has 0 aliphatic heterocycles. The Hall–Kier alpha value is -2.77. The number of amides is 1. The SMILES string of the molecule is CC(Sc1nc(=O)cc(N)n1C(C)c1ccccc1)C(=O)Nc1cccc(Cl)c1. The molecule has 2 unspecified atom stereocenters. The number of rotatable bonds is 6. The number of halogens is 1. The Kier molecular flexibility index (Phi) is 6.61. The van der Waals surface area contributed by atoms with Gasteiger partial charge in [-0.15, -0.1) is 0 Å². The van der Waals surface area contributed by atoms with E-state index in [0.29, 0.717) is 21.7 Å². The Morgan fingerprint density at radius 2 is 1.86 bits per heavy atom. The van der Waals surface area contributed by atoms with Gasteiger partial charge in [-0.05, 0) is 37.6 Å². The van der Waals surface area contributed by atoms with Crippen molar-refractivity contribution in [2.75, 3.05) is 11.1 Å². The van der Waals surface area contributed by atoms with Crippen LogP contribution in [0.4, 0.5) is 11.5 Å². The van der Waals surface area contributed by atoms with Gasteiger partial charge in [0, 0.05) is 16.8 Å². The number of nitrogen functional groups attached to an aromatic ring is 1. The van der Waals surface area contributed by atoms with Crippen molar-refractivity contribution in [3.8, 4) is 0 Å². The summed E-state index contributed by atoms with van der Waals surface area (Å²) in [6, 6.07) is 17.8. The Bertz CT molecular complexity index is 1070. The van der Waals surface area contributed by atoms with Gasteiger partial charge in [0.15, 0.2) is 5.16 Å². The van der Waals surface area contributed by atoms with Crippen LogP contribution in [0.15, 0.2) is 70.6 Å². The molecule has 0 bridgehead atoms. The zero-order valence-electron chi connectivity index (χ0n) is 16.0. The second-order valence-corrected chi connectivity index (χ2v) is 8.26. The number of nitrogens with one attached hydrogen (secondary N) is 1. The molecule has 0 aliphatic carbocycles. The molecule has 0 fully saturated rings. The Morgan fingerprint density at radius 1 is 1.14 bits per heavy atom. The van der Waals surface area contributed by atoms with E-state index in [-0.39, 0.29) is 11.9 Å². The molecule has 3 aromatic rings. The summed E-state index contributed by atoms with van der Waals surface area (Å²) in [5.74, 6) is 0.0687. The van der Waals surface area contributed by atoms with Crippen LogP contribution in [-0.2, 0) is 4.79 Å². The molecule has 0 aliphatic rings.